The van der Waals surface area contributed by atoms with E-state index in [1.165, 1.54) is 29.8 Å². The van der Waals surface area contributed by atoms with Gasteiger partial charge in [-0.15, -0.1) is 0 Å². The maximum atomic E-state index is 3.51. The first kappa shape index (κ1) is 10.5. The van der Waals surface area contributed by atoms with Crippen LogP contribution in [0.3, 0.4) is 0 Å². The summed E-state index contributed by atoms with van der Waals surface area (Å²) in [6.45, 7) is 7.75. The Morgan fingerprint density at radius 3 is 2.87 bits per heavy atom. The minimum atomic E-state index is 0.798. The van der Waals surface area contributed by atoms with Gasteiger partial charge in [0.05, 0.1) is 0 Å². The molecule has 1 aliphatic heterocycles. The van der Waals surface area contributed by atoms with Crippen LogP contribution in [0, 0.1) is 19.8 Å². The number of benzene rings is 1. The lowest BCUT2D eigenvalue weighted by Crippen LogP contribution is -2.17. The summed E-state index contributed by atoms with van der Waals surface area (Å²) < 4.78 is 0. The first-order valence-corrected chi connectivity index (χ1v) is 5.77. The van der Waals surface area contributed by atoms with Gasteiger partial charge in [-0.3, -0.25) is 0 Å². The van der Waals surface area contributed by atoms with Crippen molar-refractivity contribution in [1.29, 1.82) is 0 Å². The summed E-state index contributed by atoms with van der Waals surface area (Å²) in [5.41, 5.74) is 3.98. The molecule has 0 saturated carbocycles. The lowest BCUT2D eigenvalue weighted by atomic mass is 10.1. The van der Waals surface area contributed by atoms with Crippen molar-refractivity contribution in [1.82, 2.24) is 5.32 Å². The molecule has 0 aliphatic carbocycles. The number of anilines is 1. The molecule has 1 heterocycles. The fourth-order valence-corrected chi connectivity index (χ4v) is 2.00. The molecule has 1 saturated heterocycles. The molecule has 1 unspecified atom stereocenters. The number of rotatable bonds is 3. The van der Waals surface area contributed by atoms with Crippen LogP contribution in [0.2, 0.25) is 0 Å². The Bertz CT molecular complexity index is 327. The lowest BCUT2D eigenvalue weighted by molar-refractivity contribution is 0.615. The Morgan fingerprint density at radius 1 is 1.33 bits per heavy atom. The highest BCUT2D eigenvalue weighted by molar-refractivity contribution is 5.48. The molecule has 82 valence electrons. The summed E-state index contributed by atoms with van der Waals surface area (Å²) in [6.07, 6.45) is 1.30. The largest absolute Gasteiger partial charge is 0.385 e. The van der Waals surface area contributed by atoms with Crippen LogP contribution in [-0.4, -0.2) is 19.6 Å². The van der Waals surface area contributed by atoms with E-state index >= 15 is 0 Å². The van der Waals surface area contributed by atoms with Gasteiger partial charge in [-0.2, -0.15) is 0 Å². The van der Waals surface area contributed by atoms with Crippen LogP contribution in [0.1, 0.15) is 17.5 Å². The van der Waals surface area contributed by atoms with E-state index in [0.717, 1.165) is 19.0 Å². The minimum absolute atomic E-state index is 0.798. The average molecular weight is 204 g/mol. The van der Waals surface area contributed by atoms with Crippen LogP contribution in [0.25, 0.3) is 0 Å². The maximum absolute atomic E-state index is 3.51. The lowest BCUT2D eigenvalue weighted by Gasteiger charge is -2.12. The summed E-state index contributed by atoms with van der Waals surface area (Å²) >= 11 is 0. The highest BCUT2D eigenvalue weighted by atomic mass is 14.9. The third-order valence-electron chi connectivity index (χ3n) is 3.26. The van der Waals surface area contributed by atoms with Crippen LogP contribution in [0.4, 0.5) is 5.69 Å². The molecule has 2 nitrogen and oxygen atoms in total. The second kappa shape index (κ2) is 4.67. The highest BCUT2D eigenvalue weighted by Gasteiger charge is 2.13. The highest BCUT2D eigenvalue weighted by Crippen LogP contribution is 2.15. The monoisotopic (exact) mass is 204 g/mol. The van der Waals surface area contributed by atoms with E-state index in [0.29, 0.717) is 0 Å². The van der Waals surface area contributed by atoms with E-state index in [2.05, 4.69) is 42.7 Å². The Hall–Kier alpha value is -1.02. The summed E-state index contributed by atoms with van der Waals surface area (Å²) in [5.74, 6) is 0.798. The topological polar surface area (TPSA) is 24.1 Å². The molecule has 0 bridgehead atoms. The Labute approximate surface area is 92.1 Å². The van der Waals surface area contributed by atoms with Crippen molar-refractivity contribution in [2.45, 2.75) is 20.3 Å². The molecule has 1 aromatic rings. The smallest absolute Gasteiger partial charge is 0.0343 e. The Balaban J connectivity index is 1.90. The molecule has 0 amide bonds. The van der Waals surface area contributed by atoms with Crippen molar-refractivity contribution in [3.05, 3.63) is 29.3 Å². The molecular formula is C13H20N2. The molecule has 1 aromatic carbocycles. The standard InChI is InChI=1S/C13H20N2/c1-10-3-4-13(7-11(10)2)15-9-12-5-6-14-8-12/h3-4,7,12,14-15H,5-6,8-9H2,1-2H3. The van der Waals surface area contributed by atoms with Gasteiger partial charge in [0.2, 0.25) is 0 Å². The second-order valence-corrected chi connectivity index (χ2v) is 4.54. The van der Waals surface area contributed by atoms with Crippen LogP contribution in [-0.2, 0) is 0 Å². The molecule has 2 N–H and O–H groups in total. The van der Waals surface area contributed by atoms with Gasteiger partial charge in [0.25, 0.3) is 0 Å². The predicted octanol–water partition coefficient (Wildman–Crippen LogP) is 2.32. The molecular weight excluding hydrogens is 184 g/mol. The predicted molar refractivity (Wildman–Crippen MR) is 65.4 cm³/mol. The summed E-state index contributed by atoms with van der Waals surface area (Å²) in [6, 6.07) is 6.59. The number of hydrogen-bond acceptors (Lipinski definition) is 2. The van der Waals surface area contributed by atoms with Gasteiger partial charge in [0.1, 0.15) is 0 Å². The van der Waals surface area contributed by atoms with Gasteiger partial charge >= 0.3 is 0 Å². The SMILES string of the molecule is Cc1ccc(NCC2CCNC2)cc1C. The third kappa shape index (κ3) is 2.72. The van der Waals surface area contributed by atoms with Crippen LogP contribution in [0.15, 0.2) is 18.2 Å². The quantitative estimate of drug-likeness (QED) is 0.789. The molecule has 0 radical (unpaired) electrons. The van der Waals surface area contributed by atoms with E-state index in [1.807, 2.05) is 0 Å². The van der Waals surface area contributed by atoms with Gasteiger partial charge in [-0.25, -0.2) is 0 Å². The zero-order valence-electron chi connectivity index (χ0n) is 9.64. The van der Waals surface area contributed by atoms with Gasteiger partial charge < -0.3 is 10.6 Å². The van der Waals surface area contributed by atoms with Crippen LogP contribution >= 0.6 is 0 Å². The van der Waals surface area contributed by atoms with Gasteiger partial charge in [0, 0.05) is 12.2 Å². The van der Waals surface area contributed by atoms with Crippen molar-refractivity contribution >= 4 is 5.69 Å². The fourth-order valence-electron chi connectivity index (χ4n) is 2.00. The molecule has 1 aliphatic rings. The fraction of sp³-hybridized carbons (Fsp3) is 0.538. The normalized spacial score (nSPS) is 20.5. The molecule has 0 spiro atoms. The van der Waals surface area contributed by atoms with Crippen molar-refractivity contribution in [3.63, 3.8) is 0 Å². The summed E-state index contributed by atoms with van der Waals surface area (Å²) in [5, 5.41) is 6.90. The summed E-state index contributed by atoms with van der Waals surface area (Å²) in [7, 11) is 0. The number of nitrogens with one attached hydrogen (secondary N) is 2. The molecule has 2 rings (SSSR count). The van der Waals surface area contributed by atoms with Gasteiger partial charge in [0.15, 0.2) is 0 Å². The molecule has 0 aromatic heterocycles. The molecule has 15 heavy (non-hydrogen) atoms. The van der Waals surface area contributed by atoms with Crippen LogP contribution in [0.5, 0.6) is 0 Å². The maximum Gasteiger partial charge on any atom is 0.0343 e. The minimum Gasteiger partial charge on any atom is -0.385 e. The van der Waals surface area contributed by atoms with Crippen molar-refractivity contribution < 1.29 is 0 Å². The van der Waals surface area contributed by atoms with Gasteiger partial charge in [-0.05, 0) is 62.5 Å². The molecule has 2 heteroatoms. The molecule has 1 fully saturated rings. The third-order valence-corrected chi connectivity index (χ3v) is 3.26. The number of hydrogen-bond donors (Lipinski definition) is 2. The zero-order valence-corrected chi connectivity index (χ0v) is 9.64. The van der Waals surface area contributed by atoms with E-state index in [1.54, 1.807) is 0 Å². The summed E-state index contributed by atoms with van der Waals surface area (Å²) in [4.78, 5) is 0. The zero-order chi connectivity index (χ0) is 10.7. The van der Waals surface area contributed by atoms with Crippen molar-refractivity contribution in [2.75, 3.05) is 25.0 Å². The van der Waals surface area contributed by atoms with E-state index in [9.17, 15) is 0 Å². The van der Waals surface area contributed by atoms with E-state index < -0.39 is 0 Å². The van der Waals surface area contributed by atoms with Crippen molar-refractivity contribution in [3.8, 4) is 0 Å². The van der Waals surface area contributed by atoms with E-state index in [-0.39, 0.29) is 0 Å². The second-order valence-electron chi connectivity index (χ2n) is 4.54. The Morgan fingerprint density at radius 2 is 2.20 bits per heavy atom. The van der Waals surface area contributed by atoms with Crippen LogP contribution < -0.4 is 10.6 Å². The first-order valence-electron chi connectivity index (χ1n) is 5.77. The first-order chi connectivity index (χ1) is 7.25. The number of aryl methyl sites for hydroxylation is 2. The average Bonchev–Trinajstić information content (AvgIpc) is 2.73. The Kier molecular flexibility index (Phi) is 3.27. The van der Waals surface area contributed by atoms with E-state index in [4.69, 9.17) is 0 Å². The van der Waals surface area contributed by atoms with Crippen molar-refractivity contribution in [2.24, 2.45) is 5.92 Å². The van der Waals surface area contributed by atoms with Gasteiger partial charge in [-0.1, -0.05) is 6.07 Å². The molecule has 1 atom stereocenters.